The van der Waals surface area contributed by atoms with Crippen molar-refractivity contribution in [1.82, 2.24) is 0 Å². The van der Waals surface area contributed by atoms with Gasteiger partial charge < -0.3 is 4.74 Å². The van der Waals surface area contributed by atoms with Crippen molar-refractivity contribution < 1.29 is 9.53 Å². The molecule has 8 atom stereocenters. The summed E-state index contributed by atoms with van der Waals surface area (Å²) in [5.74, 6) is 4.77. The Balaban J connectivity index is 1.46. The van der Waals surface area contributed by atoms with Gasteiger partial charge in [-0.3, -0.25) is 4.79 Å². The van der Waals surface area contributed by atoms with Crippen LogP contribution < -0.4 is 0 Å². The van der Waals surface area contributed by atoms with Crippen molar-refractivity contribution >= 4 is 5.97 Å². The van der Waals surface area contributed by atoms with Gasteiger partial charge in [-0.1, -0.05) is 45.8 Å². The first-order chi connectivity index (χ1) is 14.0. The molecule has 7 unspecified atom stereocenters. The third-order valence-corrected chi connectivity index (χ3v) is 10.00. The molecule has 0 N–H and O–H groups in total. The van der Waals surface area contributed by atoms with E-state index in [2.05, 4.69) is 32.9 Å². The van der Waals surface area contributed by atoms with Crippen LogP contribution in [0, 0.1) is 46.3 Å². The zero-order chi connectivity index (χ0) is 21.7. The summed E-state index contributed by atoms with van der Waals surface area (Å²) in [4.78, 5) is 12.3. The van der Waals surface area contributed by atoms with Gasteiger partial charge in [-0.2, -0.15) is 0 Å². The maximum Gasteiger partial charge on any atom is 0.306 e. The van der Waals surface area contributed by atoms with Gasteiger partial charge in [0.25, 0.3) is 0 Å². The van der Waals surface area contributed by atoms with Gasteiger partial charge in [-0.25, -0.2) is 0 Å². The van der Waals surface area contributed by atoms with Gasteiger partial charge in [0, 0.05) is 6.42 Å². The molecule has 0 radical (unpaired) electrons. The Labute approximate surface area is 185 Å². The van der Waals surface area contributed by atoms with Crippen molar-refractivity contribution in [2.75, 3.05) is 0 Å². The number of fused-ring (bicyclic) bond motifs is 5. The van der Waals surface area contributed by atoms with Gasteiger partial charge in [0.1, 0.15) is 5.60 Å². The van der Waals surface area contributed by atoms with Gasteiger partial charge in [-0.05, 0) is 112 Å². The van der Waals surface area contributed by atoms with E-state index in [-0.39, 0.29) is 11.6 Å². The number of rotatable bonds is 4. The predicted octanol–water partition coefficient (Wildman–Crippen LogP) is 7.57. The standard InChI is InChI=1S/C28H46O2/c1-19(10-15-25(29)30-26(2,3)4)22-13-14-23-21-12-11-20-9-7-8-17-27(20,5)24(21)16-18-28(22,23)6/h16,18-24H,7-15,17H2,1-6H3/t19-,20?,21?,22?,23?,24?,27?,28?/m1/s1. The number of hydrogen-bond acceptors (Lipinski definition) is 2. The molecule has 0 aromatic heterocycles. The Morgan fingerprint density at radius 2 is 1.87 bits per heavy atom. The maximum absolute atomic E-state index is 12.3. The monoisotopic (exact) mass is 414 g/mol. The van der Waals surface area contributed by atoms with Crippen LogP contribution in [0.5, 0.6) is 0 Å². The van der Waals surface area contributed by atoms with Crippen LogP contribution in [0.25, 0.3) is 0 Å². The molecular weight excluding hydrogens is 368 g/mol. The van der Waals surface area contributed by atoms with E-state index in [0.29, 0.717) is 29.1 Å². The van der Waals surface area contributed by atoms with E-state index in [1.165, 1.54) is 51.4 Å². The predicted molar refractivity (Wildman–Crippen MR) is 124 cm³/mol. The molecule has 170 valence electrons. The van der Waals surface area contributed by atoms with Crippen molar-refractivity contribution in [1.29, 1.82) is 0 Å². The summed E-state index contributed by atoms with van der Waals surface area (Å²) in [6, 6.07) is 0. The van der Waals surface area contributed by atoms with Crippen LogP contribution in [-0.2, 0) is 9.53 Å². The first kappa shape index (κ1) is 22.4. The molecule has 3 saturated carbocycles. The molecule has 0 saturated heterocycles. The number of ether oxygens (including phenoxy) is 1. The van der Waals surface area contributed by atoms with E-state index < -0.39 is 0 Å². The molecule has 4 aliphatic carbocycles. The topological polar surface area (TPSA) is 26.3 Å². The van der Waals surface area contributed by atoms with Crippen molar-refractivity contribution in [3.8, 4) is 0 Å². The van der Waals surface area contributed by atoms with Crippen molar-refractivity contribution in [2.24, 2.45) is 46.3 Å². The quantitative estimate of drug-likeness (QED) is 0.350. The Hall–Kier alpha value is -0.790. The van der Waals surface area contributed by atoms with Gasteiger partial charge in [-0.15, -0.1) is 0 Å². The number of hydrogen-bond donors (Lipinski definition) is 0. The molecule has 2 nitrogen and oxygen atoms in total. The highest BCUT2D eigenvalue weighted by Crippen LogP contribution is 2.66. The summed E-state index contributed by atoms with van der Waals surface area (Å²) < 4.78 is 5.56. The number of esters is 1. The zero-order valence-electron chi connectivity index (χ0n) is 20.5. The summed E-state index contributed by atoms with van der Waals surface area (Å²) in [6.45, 7) is 13.5. The highest BCUT2D eigenvalue weighted by atomic mass is 16.6. The lowest BCUT2D eigenvalue weighted by Crippen LogP contribution is -2.50. The number of carbonyl (C=O) groups excluding carboxylic acids is 1. The van der Waals surface area contributed by atoms with Gasteiger partial charge in [0.15, 0.2) is 0 Å². The molecular formula is C28H46O2. The average molecular weight is 415 g/mol. The second-order valence-corrected chi connectivity index (χ2v) is 12.8. The van der Waals surface area contributed by atoms with E-state index >= 15 is 0 Å². The molecule has 0 spiro atoms. The minimum Gasteiger partial charge on any atom is -0.460 e. The summed E-state index contributed by atoms with van der Waals surface area (Å²) in [7, 11) is 0. The number of allylic oxidation sites excluding steroid dienone is 2. The van der Waals surface area contributed by atoms with Crippen LogP contribution in [0.2, 0.25) is 0 Å². The molecule has 0 amide bonds. The smallest absolute Gasteiger partial charge is 0.306 e. The van der Waals surface area contributed by atoms with Crippen LogP contribution in [0.15, 0.2) is 12.2 Å². The fourth-order valence-corrected chi connectivity index (χ4v) is 8.55. The summed E-state index contributed by atoms with van der Waals surface area (Å²) in [5, 5.41) is 0. The average Bonchev–Trinajstić information content (AvgIpc) is 3.01. The zero-order valence-corrected chi connectivity index (χ0v) is 20.5. The van der Waals surface area contributed by atoms with E-state index in [9.17, 15) is 4.79 Å². The second-order valence-electron chi connectivity index (χ2n) is 12.8. The summed E-state index contributed by atoms with van der Waals surface area (Å²) in [6.07, 6.45) is 18.4. The first-order valence-electron chi connectivity index (χ1n) is 13.0. The van der Waals surface area contributed by atoms with Crippen LogP contribution >= 0.6 is 0 Å². The van der Waals surface area contributed by atoms with E-state index in [1.807, 2.05) is 20.8 Å². The van der Waals surface area contributed by atoms with E-state index in [1.54, 1.807) is 0 Å². The summed E-state index contributed by atoms with van der Waals surface area (Å²) in [5.41, 5.74) is 0.506. The highest BCUT2D eigenvalue weighted by Gasteiger charge is 2.58. The van der Waals surface area contributed by atoms with Crippen LogP contribution in [0.1, 0.15) is 106 Å². The van der Waals surface area contributed by atoms with Gasteiger partial charge >= 0.3 is 5.97 Å². The molecule has 0 heterocycles. The molecule has 4 rings (SSSR count). The Kier molecular flexibility index (Phi) is 5.95. The molecule has 0 aliphatic heterocycles. The lowest BCUT2D eigenvalue weighted by molar-refractivity contribution is -0.155. The van der Waals surface area contributed by atoms with Crippen molar-refractivity contribution in [3.63, 3.8) is 0 Å². The van der Waals surface area contributed by atoms with E-state index in [0.717, 1.165) is 30.1 Å². The fraction of sp³-hybridized carbons (Fsp3) is 0.893. The Morgan fingerprint density at radius 1 is 1.10 bits per heavy atom. The van der Waals surface area contributed by atoms with Crippen molar-refractivity contribution in [3.05, 3.63) is 12.2 Å². The van der Waals surface area contributed by atoms with Gasteiger partial charge in [0.05, 0.1) is 0 Å². The maximum atomic E-state index is 12.3. The summed E-state index contributed by atoms with van der Waals surface area (Å²) >= 11 is 0. The molecule has 0 aromatic rings. The molecule has 0 bridgehead atoms. The van der Waals surface area contributed by atoms with Crippen LogP contribution in [0.3, 0.4) is 0 Å². The third kappa shape index (κ3) is 3.90. The Morgan fingerprint density at radius 3 is 2.60 bits per heavy atom. The Bertz CT molecular complexity index is 673. The molecule has 2 heteroatoms. The highest BCUT2D eigenvalue weighted by molar-refractivity contribution is 5.69. The van der Waals surface area contributed by atoms with Crippen LogP contribution in [-0.4, -0.2) is 11.6 Å². The molecule has 4 aliphatic rings. The van der Waals surface area contributed by atoms with E-state index in [4.69, 9.17) is 4.74 Å². The molecule has 3 fully saturated rings. The lowest BCUT2D eigenvalue weighted by Gasteiger charge is -2.58. The minimum atomic E-state index is -0.375. The largest absolute Gasteiger partial charge is 0.460 e. The van der Waals surface area contributed by atoms with Gasteiger partial charge in [0.2, 0.25) is 0 Å². The first-order valence-corrected chi connectivity index (χ1v) is 13.0. The second kappa shape index (κ2) is 7.96. The molecule has 0 aromatic carbocycles. The third-order valence-electron chi connectivity index (χ3n) is 10.00. The lowest BCUT2D eigenvalue weighted by atomic mass is 9.46. The number of carbonyl (C=O) groups is 1. The SMILES string of the molecule is C[C@H](CCC(=O)OC(C)(C)C)C1CCC2C3CCC4CCCCC4(C)C3C=CC21C. The minimum absolute atomic E-state index is 0.0307. The molecule has 30 heavy (non-hydrogen) atoms. The fourth-order valence-electron chi connectivity index (χ4n) is 8.55. The normalized spacial score (nSPS) is 44.0. The van der Waals surface area contributed by atoms with Crippen molar-refractivity contribution in [2.45, 2.75) is 111 Å². The van der Waals surface area contributed by atoms with Crippen LogP contribution in [0.4, 0.5) is 0 Å².